The van der Waals surface area contributed by atoms with Crippen molar-refractivity contribution in [2.24, 2.45) is 0 Å². The maximum absolute atomic E-state index is 10.0. The zero-order chi connectivity index (χ0) is 14.3. The summed E-state index contributed by atoms with van der Waals surface area (Å²) in [5.41, 5.74) is 10.3. The minimum atomic E-state index is 0.675. The zero-order valence-electron chi connectivity index (χ0n) is 11.3. The number of thioether (sulfide) groups is 1. The first-order chi connectivity index (χ1) is 9.61. The Morgan fingerprint density at radius 3 is 2.75 bits per heavy atom. The Morgan fingerprint density at radius 1 is 1.20 bits per heavy atom. The second kappa shape index (κ2) is 4.76. The summed E-state index contributed by atoms with van der Waals surface area (Å²) in [7, 11) is 0. The molecule has 0 saturated carbocycles. The van der Waals surface area contributed by atoms with Gasteiger partial charge in [-0.2, -0.15) is 0 Å². The van der Waals surface area contributed by atoms with Gasteiger partial charge >= 0.3 is 5.65 Å². The van der Waals surface area contributed by atoms with Gasteiger partial charge < -0.3 is 10.9 Å². The van der Waals surface area contributed by atoms with E-state index in [0.29, 0.717) is 5.65 Å². The van der Waals surface area contributed by atoms with Crippen LogP contribution in [0.25, 0.3) is 22.2 Å². The van der Waals surface area contributed by atoms with Crippen LogP contribution in [-0.2, 0) is 0 Å². The maximum Gasteiger partial charge on any atom is 0.326 e. The fraction of sp³-hybridized carbons (Fsp3) is 0.133. The average Bonchev–Trinajstić information content (AvgIpc) is 2.93. The summed E-state index contributed by atoms with van der Waals surface area (Å²) < 4.78 is 1.16. The van der Waals surface area contributed by atoms with Crippen molar-refractivity contribution in [3.05, 3.63) is 42.2 Å². The second-order valence-electron chi connectivity index (χ2n) is 4.70. The summed E-state index contributed by atoms with van der Waals surface area (Å²) in [5.74, 6) is 0. The molecular formula is C15H16N3OS+. The highest BCUT2D eigenvalue weighted by Gasteiger charge is 2.18. The van der Waals surface area contributed by atoms with Gasteiger partial charge in [0.1, 0.15) is 5.69 Å². The fourth-order valence-electron chi connectivity index (χ4n) is 2.40. The normalized spacial score (nSPS) is 11.1. The van der Waals surface area contributed by atoms with Crippen molar-refractivity contribution in [2.75, 3.05) is 12.0 Å². The van der Waals surface area contributed by atoms with E-state index in [1.54, 1.807) is 11.8 Å². The molecule has 3 rings (SSSR count). The summed E-state index contributed by atoms with van der Waals surface area (Å²) in [6, 6.07) is 9.92. The number of pyridine rings is 1. The van der Waals surface area contributed by atoms with Gasteiger partial charge in [0.25, 0.3) is 0 Å². The van der Waals surface area contributed by atoms with Gasteiger partial charge in [-0.05, 0) is 41.3 Å². The molecule has 0 amide bonds. The third-order valence-electron chi connectivity index (χ3n) is 3.47. The highest BCUT2D eigenvalue weighted by molar-refractivity contribution is 7.98. The molecule has 3 aromatic rings. The molecule has 102 valence electrons. The number of aromatic nitrogens is 2. The molecule has 4 nitrogen and oxygen atoms in total. The van der Waals surface area contributed by atoms with Crippen LogP contribution in [0.1, 0.15) is 5.69 Å². The number of nitrogens with one attached hydrogen (secondary N) is 1. The Labute approximate surface area is 121 Å². The van der Waals surface area contributed by atoms with Gasteiger partial charge in [0, 0.05) is 28.6 Å². The van der Waals surface area contributed by atoms with Gasteiger partial charge in [0.2, 0.25) is 0 Å². The van der Waals surface area contributed by atoms with Crippen molar-refractivity contribution in [1.29, 1.82) is 0 Å². The molecule has 0 spiro atoms. The maximum atomic E-state index is 10.0. The van der Waals surface area contributed by atoms with Crippen LogP contribution in [0.2, 0.25) is 0 Å². The Bertz CT molecular complexity index is 795. The Morgan fingerprint density at radius 2 is 2.00 bits per heavy atom. The summed E-state index contributed by atoms with van der Waals surface area (Å²) >= 11 is 1.68. The van der Waals surface area contributed by atoms with Crippen molar-refractivity contribution in [3.63, 3.8) is 0 Å². The lowest BCUT2D eigenvalue weighted by Gasteiger charge is -2.09. The van der Waals surface area contributed by atoms with E-state index in [2.05, 4.69) is 11.1 Å². The SMILES string of the molecule is CSc1ccc(N)c(-c2cc(C)[n+](O)c3[nH]ccc23)c1. The number of nitrogen functional groups attached to an aromatic ring is 1. The highest BCUT2D eigenvalue weighted by Crippen LogP contribution is 2.34. The number of nitrogens with two attached hydrogens (primary N) is 1. The number of aromatic amines is 1. The quantitative estimate of drug-likeness (QED) is 0.294. The van der Waals surface area contributed by atoms with Crippen LogP contribution in [0, 0.1) is 6.92 Å². The van der Waals surface area contributed by atoms with Crippen LogP contribution in [0.3, 0.4) is 0 Å². The molecule has 0 aliphatic heterocycles. The highest BCUT2D eigenvalue weighted by atomic mass is 32.2. The lowest BCUT2D eigenvalue weighted by molar-refractivity contribution is -0.889. The molecule has 0 aliphatic carbocycles. The van der Waals surface area contributed by atoms with Crippen molar-refractivity contribution in [1.82, 2.24) is 4.98 Å². The lowest BCUT2D eigenvalue weighted by atomic mass is 10.0. The molecular weight excluding hydrogens is 270 g/mol. The molecule has 0 saturated heterocycles. The smallest absolute Gasteiger partial charge is 0.326 e. The minimum Gasteiger partial charge on any atom is -0.398 e. The molecule has 0 atom stereocenters. The van der Waals surface area contributed by atoms with Gasteiger partial charge in [-0.3, -0.25) is 0 Å². The third kappa shape index (κ3) is 1.91. The summed E-state index contributed by atoms with van der Waals surface area (Å²) in [4.78, 5) is 4.22. The molecule has 2 heterocycles. The number of fused-ring (bicyclic) bond motifs is 1. The molecule has 0 unspecified atom stereocenters. The molecule has 2 aromatic heterocycles. The number of hydrogen-bond acceptors (Lipinski definition) is 3. The second-order valence-corrected chi connectivity index (χ2v) is 5.58. The minimum absolute atomic E-state index is 0.675. The van der Waals surface area contributed by atoms with Gasteiger partial charge in [0.05, 0.1) is 11.6 Å². The predicted molar refractivity (Wildman–Crippen MR) is 82.0 cm³/mol. The fourth-order valence-corrected chi connectivity index (χ4v) is 2.84. The van der Waals surface area contributed by atoms with Crippen molar-refractivity contribution < 1.29 is 9.94 Å². The molecule has 5 heteroatoms. The first-order valence-electron chi connectivity index (χ1n) is 6.27. The van der Waals surface area contributed by atoms with E-state index in [0.717, 1.165) is 37.5 Å². The molecule has 0 aliphatic rings. The monoisotopic (exact) mass is 286 g/mol. The molecule has 0 fully saturated rings. The Hall–Kier alpha value is -2.14. The topological polar surface area (TPSA) is 65.9 Å². The number of hydrogen-bond donors (Lipinski definition) is 3. The summed E-state index contributed by atoms with van der Waals surface area (Å²) in [6.07, 6.45) is 3.86. The number of benzene rings is 1. The van der Waals surface area contributed by atoms with Crippen LogP contribution in [0.5, 0.6) is 0 Å². The molecule has 20 heavy (non-hydrogen) atoms. The number of anilines is 1. The van der Waals surface area contributed by atoms with Crippen molar-refractivity contribution in [2.45, 2.75) is 11.8 Å². The first-order valence-corrected chi connectivity index (χ1v) is 7.50. The van der Waals surface area contributed by atoms with E-state index in [9.17, 15) is 5.21 Å². The van der Waals surface area contributed by atoms with E-state index < -0.39 is 0 Å². The van der Waals surface area contributed by atoms with Crippen LogP contribution in [0.4, 0.5) is 5.69 Å². The summed E-state index contributed by atoms with van der Waals surface area (Å²) in [5, 5.41) is 11.0. The number of aryl methyl sites for hydroxylation is 1. The van der Waals surface area contributed by atoms with E-state index in [1.165, 1.54) is 0 Å². The van der Waals surface area contributed by atoms with Gasteiger partial charge in [-0.1, -0.05) is 0 Å². The van der Waals surface area contributed by atoms with Gasteiger partial charge in [-0.25, -0.2) is 4.98 Å². The average molecular weight is 286 g/mol. The third-order valence-corrected chi connectivity index (χ3v) is 4.19. The van der Waals surface area contributed by atoms with Crippen LogP contribution >= 0.6 is 11.8 Å². The Balaban J connectivity index is 2.35. The molecule has 1 aromatic carbocycles. The van der Waals surface area contributed by atoms with Crippen LogP contribution in [-0.4, -0.2) is 16.4 Å². The first kappa shape index (κ1) is 12.9. The number of H-pyrrole nitrogens is 1. The predicted octanol–water partition coefficient (Wildman–Crippen LogP) is 2.97. The number of rotatable bonds is 2. The van der Waals surface area contributed by atoms with E-state index in [-0.39, 0.29) is 0 Å². The number of nitrogens with zero attached hydrogens (tertiary/aromatic N) is 1. The van der Waals surface area contributed by atoms with Crippen molar-refractivity contribution in [3.8, 4) is 11.1 Å². The zero-order valence-corrected chi connectivity index (χ0v) is 12.2. The summed E-state index contributed by atoms with van der Waals surface area (Å²) in [6.45, 7) is 1.86. The standard InChI is InChI=1S/C15H15N3OS/c1-9-7-12(11-5-6-17-15(11)18(9)19)13-8-10(20-2)3-4-14(13)16/h3-8,19H,1-2H3,(H2,16,17)/p+1. The lowest BCUT2D eigenvalue weighted by Crippen LogP contribution is -2.34. The van der Waals surface area contributed by atoms with E-state index in [1.807, 2.05) is 43.6 Å². The van der Waals surface area contributed by atoms with Crippen molar-refractivity contribution >= 4 is 28.5 Å². The molecule has 0 bridgehead atoms. The Kier molecular flexibility index (Phi) is 3.06. The van der Waals surface area contributed by atoms with Gasteiger partial charge in [0.15, 0.2) is 0 Å². The molecule has 4 N–H and O–H groups in total. The van der Waals surface area contributed by atoms with Crippen LogP contribution in [0.15, 0.2) is 41.4 Å². The molecule has 0 radical (unpaired) electrons. The largest absolute Gasteiger partial charge is 0.398 e. The van der Waals surface area contributed by atoms with E-state index >= 15 is 0 Å². The van der Waals surface area contributed by atoms with E-state index in [4.69, 9.17) is 5.73 Å². The van der Waals surface area contributed by atoms with Crippen LogP contribution < -0.4 is 10.5 Å². The van der Waals surface area contributed by atoms with Gasteiger partial charge in [-0.15, -0.1) is 11.8 Å².